The molecule has 0 aliphatic carbocycles. The highest BCUT2D eigenvalue weighted by atomic mass is 16.1. The Balaban J connectivity index is 2.19. The van der Waals surface area contributed by atoms with Crippen molar-refractivity contribution in [2.75, 3.05) is 6.54 Å². The van der Waals surface area contributed by atoms with Gasteiger partial charge in [0, 0.05) is 32.6 Å². The molecule has 18 heavy (non-hydrogen) atoms. The Morgan fingerprint density at radius 1 is 1.56 bits per heavy atom. The summed E-state index contributed by atoms with van der Waals surface area (Å²) in [5.41, 5.74) is 2.15. The van der Waals surface area contributed by atoms with Crippen LogP contribution in [0.2, 0.25) is 0 Å². The van der Waals surface area contributed by atoms with Crippen molar-refractivity contribution < 1.29 is 4.79 Å². The second kappa shape index (κ2) is 7.16. The van der Waals surface area contributed by atoms with Crippen molar-refractivity contribution in [3.8, 4) is 0 Å². The van der Waals surface area contributed by atoms with Crippen LogP contribution in [0.3, 0.4) is 0 Å². The molecule has 0 spiro atoms. The Labute approximate surface area is 109 Å². The zero-order valence-corrected chi connectivity index (χ0v) is 11.8. The first-order valence-electron chi connectivity index (χ1n) is 6.52. The minimum absolute atomic E-state index is 0.109. The molecule has 1 unspecified atom stereocenters. The van der Waals surface area contributed by atoms with E-state index in [1.165, 1.54) is 0 Å². The van der Waals surface area contributed by atoms with Crippen LogP contribution >= 0.6 is 0 Å². The van der Waals surface area contributed by atoms with Gasteiger partial charge in [0.1, 0.15) is 0 Å². The lowest BCUT2D eigenvalue weighted by atomic mass is 10.2. The lowest BCUT2D eigenvalue weighted by molar-refractivity contribution is -0.121. The molecule has 1 heterocycles. The molecule has 0 aromatic carbocycles. The average molecular weight is 252 g/mol. The van der Waals surface area contributed by atoms with Crippen LogP contribution in [0, 0.1) is 6.92 Å². The van der Waals surface area contributed by atoms with Gasteiger partial charge in [-0.05, 0) is 26.3 Å². The number of amides is 1. The Bertz CT molecular complexity index is 386. The summed E-state index contributed by atoms with van der Waals surface area (Å²) in [6.07, 6.45) is 1.48. The van der Waals surface area contributed by atoms with E-state index in [1.54, 1.807) is 0 Å². The van der Waals surface area contributed by atoms with Crippen LogP contribution in [0.15, 0.2) is 6.07 Å². The summed E-state index contributed by atoms with van der Waals surface area (Å²) < 4.78 is 1.86. The number of hydrogen-bond donors (Lipinski definition) is 2. The van der Waals surface area contributed by atoms with Crippen molar-refractivity contribution in [3.63, 3.8) is 0 Å². The maximum atomic E-state index is 11.5. The van der Waals surface area contributed by atoms with Crippen molar-refractivity contribution in [3.05, 3.63) is 17.5 Å². The molecule has 1 rings (SSSR count). The Morgan fingerprint density at radius 3 is 2.83 bits per heavy atom. The number of carbonyl (C=O) groups is 1. The molecule has 1 aromatic rings. The van der Waals surface area contributed by atoms with Gasteiger partial charge in [0.15, 0.2) is 0 Å². The number of hydrogen-bond acceptors (Lipinski definition) is 3. The van der Waals surface area contributed by atoms with Gasteiger partial charge < -0.3 is 10.6 Å². The fourth-order valence-corrected chi connectivity index (χ4v) is 1.70. The van der Waals surface area contributed by atoms with Gasteiger partial charge in [-0.1, -0.05) is 6.92 Å². The maximum Gasteiger partial charge on any atom is 0.221 e. The second-order valence-electron chi connectivity index (χ2n) is 4.70. The van der Waals surface area contributed by atoms with Crippen LogP contribution in [0.5, 0.6) is 0 Å². The number of nitrogens with zero attached hydrogens (tertiary/aromatic N) is 2. The first-order chi connectivity index (χ1) is 8.52. The average Bonchev–Trinajstić information content (AvgIpc) is 2.63. The third kappa shape index (κ3) is 4.87. The standard InChI is InChI=1S/C13H24N4O/c1-5-10(2)15-13(18)6-7-14-9-12-8-11(3)16-17(12)4/h8,10,14H,5-7,9H2,1-4H3,(H,15,18). The van der Waals surface area contributed by atoms with Crippen LogP contribution in [-0.4, -0.2) is 28.3 Å². The largest absolute Gasteiger partial charge is 0.354 e. The lowest BCUT2D eigenvalue weighted by Crippen LogP contribution is -2.34. The summed E-state index contributed by atoms with van der Waals surface area (Å²) in [7, 11) is 1.93. The van der Waals surface area contributed by atoms with E-state index in [4.69, 9.17) is 0 Å². The van der Waals surface area contributed by atoms with Gasteiger partial charge in [0.25, 0.3) is 0 Å². The minimum atomic E-state index is 0.109. The molecule has 2 N–H and O–H groups in total. The molecule has 0 aliphatic heterocycles. The molecule has 1 amide bonds. The van der Waals surface area contributed by atoms with E-state index in [0.29, 0.717) is 13.0 Å². The molecule has 5 heteroatoms. The first-order valence-corrected chi connectivity index (χ1v) is 6.52. The molecule has 0 fully saturated rings. The van der Waals surface area contributed by atoms with Gasteiger partial charge in [-0.25, -0.2) is 0 Å². The number of nitrogens with one attached hydrogen (secondary N) is 2. The molecule has 1 aromatic heterocycles. The van der Waals surface area contributed by atoms with Crippen molar-refractivity contribution >= 4 is 5.91 Å². The maximum absolute atomic E-state index is 11.5. The van der Waals surface area contributed by atoms with Crippen molar-refractivity contribution in [1.29, 1.82) is 0 Å². The molecule has 102 valence electrons. The molecule has 0 bridgehead atoms. The summed E-state index contributed by atoms with van der Waals surface area (Å²) in [5, 5.41) is 10.5. The molecule has 0 radical (unpaired) electrons. The lowest BCUT2D eigenvalue weighted by Gasteiger charge is -2.11. The summed E-state index contributed by atoms with van der Waals surface area (Å²) >= 11 is 0. The van der Waals surface area contributed by atoms with Crippen molar-refractivity contribution in [1.82, 2.24) is 20.4 Å². The smallest absolute Gasteiger partial charge is 0.221 e. The Morgan fingerprint density at radius 2 is 2.28 bits per heavy atom. The first kappa shape index (κ1) is 14.7. The van der Waals surface area contributed by atoms with Crippen LogP contribution in [0.4, 0.5) is 0 Å². The molecule has 1 atom stereocenters. The molecule has 0 saturated carbocycles. The van der Waals surface area contributed by atoms with E-state index in [0.717, 1.165) is 24.4 Å². The highest BCUT2D eigenvalue weighted by molar-refractivity contribution is 5.76. The van der Waals surface area contributed by atoms with Crippen LogP contribution < -0.4 is 10.6 Å². The topological polar surface area (TPSA) is 59.0 Å². The van der Waals surface area contributed by atoms with E-state index >= 15 is 0 Å². The summed E-state index contributed by atoms with van der Waals surface area (Å²) in [5.74, 6) is 0.109. The highest BCUT2D eigenvalue weighted by Crippen LogP contribution is 2.00. The zero-order chi connectivity index (χ0) is 13.5. The number of aromatic nitrogens is 2. The van der Waals surface area contributed by atoms with Gasteiger partial charge in [-0.15, -0.1) is 0 Å². The van der Waals surface area contributed by atoms with Crippen LogP contribution in [-0.2, 0) is 18.4 Å². The molecule has 0 saturated heterocycles. The monoisotopic (exact) mass is 252 g/mol. The van der Waals surface area contributed by atoms with Crippen LogP contribution in [0.1, 0.15) is 38.1 Å². The number of aryl methyl sites for hydroxylation is 2. The zero-order valence-electron chi connectivity index (χ0n) is 11.8. The van der Waals surface area contributed by atoms with Gasteiger partial charge in [0.05, 0.1) is 11.4 Å². The molecule has 5 nitrogen and oxygen atoms in total. The molecular formula is C13H24N4O. The SMILES string of the molecule is CCC(C)NC(=O)CCNCc1cc(C)nn1C. The fraction of sp³-hybridized carbons (Fsp3) is 0.692. The van der Waals surface area contributed by atoms with Gasteiger partial charge >= 0.3 is 0 Å². The van der Waals surface area contributed by atoms with E-state index in [9.17, 15) is 4.79 Å². The van der Waals surface area contributed by atoms with Gasteiger partial charge in [-0.3, -0.25) is 9.48 Å². The molecule has 0 aliphatic rings. The predicted molar refractivity (Wildman–Crippen MR) is 72.2 cm³/mol. The number of carbonyl (C=O) groups excluding carboxylic acids is 1. The van der Waals surface area contributed by atoms with Crippen molar-refractivity contribution in [2.45, 2.75) is 46.2 Å². The third-order valence-corrected chi connectivity index (χ3v) is 2.95. The number of rotatable bonds is 7. The summed E-state index contributed by atoms with van der Waals surface area (Å²) in [6, 6.07) is 2.31. The fourth-order valence-electron chi connectivity index (χ4n) is 1.70. The predicted octanol–water partition coefficient (Wildman–Crippen LogP) is 1.12. The molecular weight excluding hydrogens is 228 g/mol. The minimum Gasteiger partial charge on any atom is -0.354 e. The van der Waals surface area contributed by atoms with E-state index in [2.05, 4.69) is 22.7 Å². The summed E-state index contributed by atoms with van der Waals surface area (Å²) in [6.45, 7) is 7.49. The Hall–Kier alpha value is -1.36. The van der Waals surface area contributed by atoms with Crippen molar-refractivity contribution in [2.24, 2.45) is 7.05 Å². The quantitative estimate of drug-likeness (QED) is 0.715. The van der Waals surface area contributed by atoms with Crippen LogP contribution in [0.25, 0.3) is 0 Å². The highest BCUT2D eigenvalue weighted by Gasteiger charge is 2.05. The third-order valence-electron chi connectivity index (χ3n) is 2.95. The van der Waals surface area contributed by atoms with E-state index < -0.39 is 0 Å². The summed E-state index contributed by atoms with van der Waals surface area (Å²) in [4.78, 5) is 11.5. The second-order valence-corrected chi connectivity index (χ2v) is 4.70. The van der Waals surface area contributed by atoms with E-state index in [-0.39, 0.29) is 11.9 Å². The van der Waals surface area contributed by atoms with Gasteiger partial charge in [0.2, 0.25) is 5.91 Å². The van der Waals surface area contributed by atoms with Gasteiger partial charge in [-0.2, -0.15) is 5.10 Å². The normalized spacial score (nSPS) is 12.4. The van der Waals surface area contributed by atoms with E-state index in [1.807, 2.05) is 31.6 Å². The Kier molecular flexibility index (Phi) is 5.85.